The van der Waals surface area contributed by atoms with E-state index in [0.29, 0.717) is 17.7 Å². The second kappa shape index (κ2) is 8.97. The fraction of sp³-hybridized carbons (Fsp3) is 0.481. The van der Waals surface area contributed by atoms with Crippen LogP contribution in [0, 0.1) is 22.7 Å². The number of furan rings is 1. The highest BCUT2D eigenvalue weighted by Crippen LogP contribution is 2.62. The van der Waals surface area contributed by atoms with Crippen molar-refractivity contribution in [3.8, 4) is 0 Å². The predicted molar refractivity (Wildman–Crippen MR) is 121 cm³/mol. The lowest BCUT2D eigenvalue weighted by Gasteiger charge is -2.58. The van der Waals surface area contributed by atoms with Crippen LogP contribution in [0.4, 0.5) is 0 Å². The Kier molecular flexibility index (Phi) is 6.27. The zero-order valence-corrected chi connectivity index (χ0v) is 18.9. The number of fused-ring (bicyclic) bond motifs is 1. The van der Waals surface area contributed by atoms with Crippen LogP contribution in [0.3, 0.4) is 0 Å². The number of benzene rings is 1. The topological polar surface area (TPSA) is 76.7 Å². The molecular formula is C27H32O5. The van der Waals surface area contributed by atoms with Crippen molar-refractivity contribution >= 4 is 11.9 Å². The third-order valence-corrected chi connectivity index (χ3v) is 8.12. The molecule has 4 rings (SSSR count). The third-order valence-electron chi connectivity index (χ3n) is 8.12. The van der Waals surface area contributed by atoms with Crippen LogP contribution in [-0.2, 0) is 16.0 Å². The monoisotopic (exact) mass is 436 g/mol. The molecular weight excluding hydrogens is 404 g/mol. The van der Waals surface area contributed by atoms with E-state index in [9.17, 15) is 14.7 Å². The average Bonchev–Trinajstić information content (AvgIpc) is 3.31. The maximum absolute atomic E-state index is 12.6. The summed E-state index contributed by atoms with van der Waals surface area (Å²) in [4.78, 5) is 24.7. The van der Waals surface area contributed by atoms with Crippen molar-refractivity contribution in [2.24, 2.45) is 22.7 Å². The van der Waals surface area contributed by atoms with E-state index in [4.69, 9.17) is 9.15 Å². The molecule has 170 valence electrons. The molecule has 2 aromatic rings. The zero-order valence-electron chi connectivity index (χ0n) is 18.9. The summed E-state index contributed by atoms with van der Waals surface area (Å²) >= 11 is 0. The van der Waals surface area contributed by atoms with Gasteiger partial charge < -0.3 is 14.3 Å². The number of allylic oxidation sites excluding steroid dienone is 1. The van der Waals surface area contributed by atoms with Gasteiger partial charge in [-0.05, 0) is 79.5 Å². The van der Waals surface area contributed by atoms with Crippen LogP contribution in [0.1, 0.15) is 61.9 Å². The van der Waals surface area contributed by atoms with Crippen LogP contribution in [0.15, 0.2) is 65.0 Å². The quantitative estimate of drug-likeness (QED) is 0.546. The van der Waals surface area contributed by atoms with Gasteiger partial charge >= 0.3 is 11.9 Å². The first-order chi connectivity index (χ1) is 15.3. The number of esters is 1. The number of carbonyl (C=O) groups is 2. The lowest BCUT2D eigenvalue weighted by atomic mass is 9.46. The first-order valence-corrected chi connectivity index (χ1v) is 11.5. The number of carbonyl (C=O) groups excluding carboxylic acids is 1. The van der Waals surface area contributed by atoms with E-state index in [1.807, 2.05) is 30.3 Å². The molecule has 0 unspecified atom stereocenters. The van der Waals surface area contributed by atoms with E-state index in [1.165, 1.54) is 0 Å². The highest BCUT2D eigenvalue weighted by atomic mass is 16.5. The van der Waals surface area contributed by atoms with Crippen molar-refractivity contribution in [3.05, 3.63) is 71.7 Å². The number of aryl methyl sites for hydroxylation is 1. The zero-order chi connectivity index (χ0) is 22.8. The van der Waals surface area contributed by atoms with Gasteiger partial charge in [0, 0.05) is 11.0 Å². The van der Waals surface area contributed by atoms with Gasteiger partial charge in [-0.1, -0.05) is 38.1 Å². The number of ether oxygens (including phenoxy) is 1. The third kappa shape index (κ3) is 4.13. The summed E-state index contributed by atoms with van der Waals surface area (Å²) in [6.07, 6.45) is 10.5. The summed E-state index contributed by atoms with van der Waals surface area (Å²) in [7, 11) is 0. The Labute approximate surface area is 189 Å². The van der Waals surface area contributed by atoms with Crippen LogP contribution in [-0.4, -0.2) is 23.7 Å². The lowest BCUT2D eigenvalue weighted by molar-refractivity contribution is -0.137. The molecule has 32 heavy (non-hydrogen) atoms. The number of carboxylic acid groups (broad SMARTS) is 1. The molecule has 0 aliphatic heterocycles. The van der Waals surface area contributed by atoms with Gasteiger partial charge in [0.25, 0.3) is 0 Å². The van der Waals surface area contributed by atoms with Gasteiger partial charge in [-0.15, -0.1) is 0 Å². The smallest absolute Gasteiger partial charge is 0.338 e. The fourth-order valence-electron chi connectivity index (χ4n) is 6.25. The van der Waals surface area contributed by atoms with Crippen molar-refractivity contribution in [1.82, 2.24) is 0 Å². The van der Waals surface area contributed by atoms with Crippen molar-refractivity contribution < 1.29 is 23.8 Å². The lowest BCUT2D eigenvalue weighted by Crippen LogP contribution is -2.53. The summed E-state index contributed by atoms with van der Waals surface area (Å²) in [6, 6.07) is 11.1. The Hall–Kier alpha value is -2.82. The Morgan fingerprint density at radius 3 is 2.62 bits per heavy atom. The molecule has 0 radical (unpaired) electrons. The van der Waals surface area contributed by atoms with Gasteiger partial charge in [0.15, 0.2) is 0 Å². The number of hydrogen-bond acceptors (Lipinski definition) is 4. The molecule has 0 amide bonds. The summed E-state index contributed by atoms with van der Waals surface area (Å²) in [6.45, 7) is 4.76. The Morgan fingerprint density at radius 1 is 1.16 bits per heavy atom. The molecule has 1 aromatic carbocycles. The first kappa shape index (κ1) is 22.4. The molecule has 1 N–H and O–H groups in total. The molecule has 2 aliphatic carbocycles. The largest absolute Gasteiger partial charge is 0.478 e. The minimum atomic E-state index is -0.802. The highest BCUT2D eigenvalue weighted by molar-refractivity contribution is 5.89. The second-order valence-electron chi connectivity index (χ2n) is 9.81. The highest BCUT2D eigenvalue weighted by Gasteiger charge is 2.56. The summed E-state index contributed by atoms with van der Waals surface area (Å²) < 4.78 is 11.1. The number of carboxylic acids is 1. The van der Waals surface area contributed by atoms with Crippen LogP contribution in [0.2, 0.25) is 0 Å². The summed E-state index contributed by atoms with van der Waals surface area (Å²) in [5.74, 6) is -0.713. The van der Waals surface area contributed by atoms with Gasteiger partial charge in [0.05, 0.1) is 24.7 Å². The molecule has 1 aromatic heterocycles. The minimum absolute atomic E-state index is 0.157. The van der Waals surface area contributed by atoms with Crippen molar-refractivity contribution in [1.29, 1.82) is 0 Å². The number of rotatable bonds is 7. The molecule has 2 aliphatic rings. The predicted octanol–water partition coefficient (Wildman–Crippen LogP) is 5.91. The van der Waals surface area contributed by atoms with Gasteiger partial charge in [-0.2, -0.15) is 0 Å². The Balaban J connectivity index is 1.58. The van der Waals surface area contributed by atoms with Crippen LogP contribution in [0.25, 0.3) is 0 Å². The minimum Gasteiger partial charge on any atom is -0.478 e. The van der Waals surface area contributed by atoms with Crippen LogP contribution in [0.5, 0.6) is 0 Å². The van der Waals surface area contributed by atoms with Gasteiger partial charge in [-0.3, -0.25) is 0 Å². The van der Waals surface area contributed by atoms with E-state index >= 15 is 0 Å². The average molecular weight is 437 g/mol. The second-order valence-corrected chi connectivity index (χ2v) is 9.81. The van der Waals surface area contributed by atoms with E-state index in [2.05, 4.69) is 13.8 Å². The molecule has 0 spiro atoms. The molecule has 0 saturated heterocycles. The van der Waals surface area contributed by atoms with Crippen molar-refractivity contribution in [2.75, 3.05) is 6.61 Å². The van der Waals surface area contributed by atoms with Gasteiger partial charge in [0.1, 0.15) is 0 Å². The number of aliphatic carboxylic acids is 1. The summed E-state index contributed by atoms with van der Waals surface area (Å²) in [5.41, 5.74) is 1.74. The van der Waals surface area contributed by atoms with E-state index < -0.39 is 5.97 Å². The molecule has 0 bridgehead atoms. The van der Waals surface area contributed by atoms with E-state index in [-0.39, 0.29) is 28.6 Å². The number of hydrogen-bond donors (Lipinski definition) is 1. The Bertz CT molecular complexity index is 977. The molecule has 1 fully saturated rings. The maximum Gasteiger partial charge on any atom is 0.338 e. The Morgan fingerprint density at radius 2 is 1.94 bits per heavy atom. The van der Waals surface area contributed by atoms with Gasteiger partial charge in [0.2, 0.25) is 0 Å². The standard InChI is InChI=1S/C27H32O5/c1-26(14-11-19-13-16-31-17-19)21(18-32-25(30)20-7-4-3-5-8-20)12-15-27(2)22(24(28)29)9-6-10-23(26)27/h3-5,7-9,13,16-17,21,23H,6,10-12,14-15,18H2,1-2H3,(H,28,29)/t21-,23-,26+,27+/m0/s1. The SMILES string of the molecule is C[C@@]1(CCc2ccoc2)[C@H](COC(=O)c2ccccc2)CC[C@]2(C)C(C(=O)O)=CCC[C@@H]12. The van der Waals surface area contributed by atoms with Crippen LogP contribution >= 0.6 is 0 Å². The normalized spacial score (nSPS) is 29.6. The molecule has 4 atom stereocenters. The molecule has 1 saturated carbocycles. The maximum atomic E-state index is 12.6. The van der Waals surface area contributed by atoms with Crippen LogP contribution < -0.4 is 0 Å². The van der Waals surface area contributed by atoms with Crippen molar-refractivity contribution in [3.63, 3.8) is 0 Å². The molecule has 5 nitrogen and oxygen atoms in total. The molecule has 1 heterocycles. The summed E-state index contributed by atoms with van der Waals surface area (Å²) in [5, 5.41) is 9.91. The van der Waals surface area contributed by atoms with Crippen molar-refractivity contribution in [2.45, 2.75) is 52.4 Å². The van der Waals surface area contributed by atoms with Gasteiger partial charge in [-0.25, -0.2) is 9.59 Å². The van der Waals surface area contributed by atoms with E-state index in [1.54, 1.807) is 24.7 Å². The fourth-order valence-corrected chi connectivity index (χ4v) is 6.25. The van der Waals surface area contributed by atoms with E-state index in [0.717, 1.165) is 44.1 Å². The molecule has 5 heteroatoms. The first-order valence-electron chi connectivity index (χ1n) is 11.5.